The fraction of sp³-hybridized carbons (Fsp3) is 0.417. The lowest BCUT2D eigenvalue weighted by Gasteiger charge is -2.16. The van der Waals surface area contributed by atoms with Gasteiger partial charge in [-0.2, -0.15) is 0 Å². The summed E-state index contributed by atoms with van der Waals surface area (Å²) < 4.78 is 0. The fourth-order valence-electron chi connectivity index (χ4n) is 4.27. The number of nitrogens with one attached hydrogen (secondary N) is 2. The van der Waals surface area contributed by atoms with E-state index in [1.54, 1.807) is 13.1 Å². The van der Waals surface area contributed by atoms with Gasteiger partial charge in [0.1, 0.15) is 5.69 Å². The molecule has 7 heteroatoms. The summed E-state index contributed by atoms with van der Waals surface area (Å²) in [5.41, 5.74) is 5.15. The standard InChI is InChI=1S/C24H29N5O2/c1-3-19-11-21-22(28-23(19)30)10-18(13-27-21)15-29-9-8-17(14-29)5-4-16-6-7-20(26-12-16)24(31)25-2/h6-7,10-13,17H,3-5,8-9,14-15H2,1-2H3,(H,25,31)(H,28,30)/t17-/m0/s1. The monoisotopic (exact) mass is 419 g/mol. The van der Waals surface area contributed by atoms with Crippen LogP contribution in [0.3, 0.4) is 0 Å². The minimum absolute atomic E-state index is 0.0203. The number of likely N-dealkylation sites (tertiary alicyclic amines) is 1. The third kappa shape index (κ3) is 4.99. The van der Waals surface area contributed by atoms with Crippen molar-refractivity contribution in [3.63, 3.8) is 0 Å². The van der Waals surface area contributed by atoms with Crippen LogP contribution in [0, 0.1) is 5.92 Å². The van der Waals surface area contributed by atoms with E-state index < -0.39 is 0 Å². The molecule has 0 aromatic carbocycles. The maximum atomic E-state index is 12.1. The Bertz CT molecular complexity index is 1120. The second kappa shape index (κ2) is 9.39. The van der Waals surface area contributed by atoms with Gasteiger partial charge in [-0.3, -0.25) is 24.5 Å². The maximum absolute atomic E-state index is 12.1. The van der Waals surface area contributed by atoms with E-state index in [4.69, 9.17) is 0 Å². The second-order valence-corrected chi connectivity index (χ2v) is 8.31. The lowest BCUT2D eigenvalue weighted by molar-refractivity contribution is 0.0958. The van der Waals surface area contributed by atoms with Crippen LogP contribution in [0.2, 0.25) is 0 Å². The Kier molecular flexibility index (Phi) is 6.42. The molecule has 1 amide bonds. The Morgan fingerprint density at radius 2 is 2.06 bits per heavy atom. The molecule has 1 fully saturated rings. The van der Waals surface area contributed by atoms with Crippen LogP contribution in [0.1, 0.15) is 46.9 Å². The van der Waals surface area contributed by atoms with E-state index in [-0.39, 0.29) is 11.5 Å². The molecular formula is C24H29N5O2. The molecule has 0 bridgehead atoms. The molecule has 3 aromatic heterocycles. The van der Waals surface area contributed by atoms with Crippen LogP contribution in [0.25, 0.3) is 11.0 Å². The van der Waals surface area contributed by atoms with Gasteiger partial charge in [0, 0.05) is 38.1 Å². The molecule has 31 heavy (non-hydrogen) atoms. The van der Waals surface area contributed by atoms with Gasteiger partial charge in [-0.05, 0) is 67.5 Å². The van der Waals surface area contributed by atoms with Crippen LogP contribution in [-0.4, -0.2) is 45.9 Å². The van der Waals surface area contributed by atoms with Gasteiger partial charge in [-0.1, -0.05) is 13.0 Å². The molecule has 1 saturated heterocycles. The highest BCUT2D eigenvalue weighted by atomic mass is 16.1. The maximum Gasteiger partial charge on any atom is 0.269 e. The number of H-pyrrole nitrogens is 1. The Morgan fingerprint density at radius 3 is 2.81 bits per heavy atom. The molecule has 0 radical (unpaired) electrons. The van der Waals surface area contributed by atoms with E-state index in [1.165, 1.54) is 12.0 Å². The summed E-state index contributed by atoms with van der Waals surface area (Å²) in [5.74, 6) is 0.495. The van der Waals surface area contributed by atoms with Gasteiger partial charge in [0.2, 0.25) is 0 Å². The SMILES string of the molecule is CCc1cc2ncc(CN3CC[C@H](CCc4ccc(C(=O)NC)nc4)C3)cc2[nH]c1=O. The Balaban J connectivity index is 1.32. The molecule has 162 valence electrons. The summed E-state index contributed by atoms with van der Waals surface area (Å²) in [4.78, 5) is 37.9. The highest BCUT2D eigenvalue weighted by molar-refractivity contribution is 5.91. The van der Waals surface area contributed by atoms with Gasteiger partial charge in [0.05, 0.1) is 11.0 Å². The number of pyridine rings is 3. The first-order chi connectivity index (χ1) is 15.1. The van der Waals surface area contributed by atoms with Crippen molar-refractivity contribution < 1.29 is 4.79 Å². The minimum atomic E-state index is -0.156. The first-order valence-corrected chi connectivity index (χ1v) is 11.0. The van der Waals surface area contributed by atoms with E-state index in [0.717, 1.165) is 54.6 Å². The highest BCUT2D eigenvalue weighted by Gasteiger charge is 2.22. The predicted octanol–water partition coefficient (Wildman–Crippen LogP) is 2.69. The summed E-state index contributed by atoms with van der Waals surface area (Å²) >= 11 is 0. The van der Waals surface area contributed by atoms with Gasteiger partial charge < -0.3 is 10.3 Å². The summed E-state index contributed by atoms with van der Waals surface area (Å²) in [7, 11) is 1.61. The van der Waals surface area contributed by atoms with Crippen LogP contribution in [-0.2, 0) is 19.4 Å². The molecule has 3 aromatic rings. The Morgan fingerprint density at radius 1 is 1.23 bits per heavy atom. The molecule has 2 N–H and O–H groups in total. The number of aromatic amines is 1. The second-order valence-electron chi connectivity index (χ2n) is 8.31. The smallest absolute Gasteiger partial charge is 0.269 e. The van der Waals surface area contributed by atoms with Crippen molar-refractivity contribution >= 4 is 16.9 Å². The molecule has 0 spiro atoms. The third-order valence-electron chi connectivity index (χ3n) is 6.11. The van der Waals surface area contributed by atoms with Crippen LogP contribution >= 0.6 is 0 Å². The number of rotatable bonds is 7. The zero-order valence-electron chi connectivity index (χ0n) is 18.1. The van der Waals surface area contributed by atoms with Crippen LogP contribution in [0.15, 0.2) is 41.5 Å². The summed E-state index contributed by atoms with van der Waals surface area (Å²) in [6, 6.07) is 7.72. The molecule has 0 unspecified atom stereocenters. The Hall–Kier alpha value is -3.06. The number of aromatic nitrogens is 3. The normalized spacial score (nSPS) is 16.6. The number of hydrogen-bond donors (Lipinski definition) is 2. The van der Waals surface area contributed by atoms with Gasteiger partial charge >= 0.3 is 0 Å². The number of carbonyl (C=O) groups excluding carboxylic acids is 1. The van der Waals surface area contributed by atoms with Crippen molar-refractivity contribution in [3.05, 3.63) is 69.4 Å². The lowest BCUT2D eigenvalue weighted by Crippen LogP contribution is -2.20. The van der Waals surface area contributed by atoms with Crippen molar-refractivity contribution in [3.8, 4) is 0 Å². The van der Waals surface area contributed by atoms with Gasteiger partial charge in [0.15, 0.2) is 0 Å². The molecule has 0 aliphatic carbocycles. The quantitative estimate of drug-likeness (QED) is 0.614. The summed E-state index contributed by atoms with van der Waals surface area (Å²) in [5, 5.41) is 2.59. The van der Waals surface area contributed by atoms with E-state index in [0.29, 0.717) is 18.0 Å². The molecule has 4 heterocycles. The van der Waals surface area contributed by atoms with Crippen molar-refractivity contribution in [1.29, 1.82) is 0 Å². The van der Waals surface area contributed by atoms with Crippen molar-refractivity contribution in [1.82, 2.24) is 25.2 Å². The van der Waals surface area contributed by atoms with Crippen LogP contribution in [0.5, 0.6) is 0 Å². The minimum Gasteiger partial charge on any atom is -0.354 e. The van der Waals surface area contributed by atoms with Crippen LogP contribution in [0.4, 0.5) is 0 Å². The van der Waals surface area contributed by atoms with Gasteiger partial charge in [0.25, 0.3) is 11.5 Å². The zero-order chi connectivity index (χ0) is 21.8. The van der Waals surface area contributed by atoms with E-state index >= 15 is 0 Å². The van der Waals surface area contributed by atoms with E-state index in [2.05, 4.69) is 31.2 Å². The average molecular weight is 420 g/mol. The first kappa shape index (κ1) is 21.2. The third-order valence-corrected chi connectivity index (χ3v) is 6.11. The summed E-state index contributed by atoms with van der Waals surface area (Å²) in [6.07, 6.45) is 7.70. The average Bonchev–Trinajstić information content (AvgIpc) is 3.24. The van der Waals surface area contributed by atoms with Crippen LogP contribution < -0.4 is 10.9 Å². The Labute approximate surface area is 181 Å². The predicted molar refractivity (Wildman–Crippen MR) is 121 cm³/mol. The molecule has 1 aliphatic heterocycles. The molecule has 1 atom stereocenters. The molecule has 4 rings (SSSR count). The van der Waals surface area contributed by atoms with Gasteiger partial charge in [-0.25, -0.2) is 0 Å². The topological polar surface area (TPSA) is 91.0 Å². The number of amides is 1. The molecular weight excluding hydrogens is 390 g/mol. The molecule has 7 nitrogen and oxygen atoms in total. The number of fused-ring (bicyclic) bond motifs is 1. The van der Waals surface area contributed by atoms with Crippen molar-refractivity contribution in [2.45, 2.75) is 39.2 Å². The van der Waals surface area contributed by atoms with Crippen molar-refractivity contribution in [2.75, 3.05) is 20.1 Å². The number of hydrogen-bond acceptors (Lipinski definition) is 5. The molecule has 0 saturated carbocycles. The van der Waals surface area contributed by atoms with Crippen molar-refractivity contribution in [2.24, 2.45) is 5.92 Å². The van der Waals surface area contributed by atoms with E-state index in [9.17, 15) is 9.59 Å². The number of nitrogens with zero attached hydrogens (tertiary/aromatic N) is 3. The number of carbonyl (C=O) groups is 1. The fourth-order valence-corrected chi connectivity index (χ4v) is 4.27. The van der Waals surface area contributed by atoms with E-state index in [1.807, 2.05) is 31.5 Å². The molecule has 1 aliphatic rings. The number of aryl methyl sites for hydroxylation is 2. The van der Waals surface area contributed by atoms with Gasteiger partial charge in [-0.15, -0.1) is 0 Å². The lowest BCUT2D eigenvalue weighted by atomic mass is 9.99. The zero-order valence-corrected chi connectivity index (χ0v) is 18.1. The first-order valence-electron chi connectivity index (χ1n) is 11.0. The summed E-state index contributed by atoms with van der Waals surface area (Å²) in [6.45, 7) is 4.96. The largest absolute Gasteiger partial charge is 0.354 e. The highest BCUT2D eigenvalue weighted by Crippen LogP contribution is 2.23.